The molecule has 0 radical (unpaired) electrons. The molecule has 4 rings (SSSR count). The van der Waals surface area contributed by atoms with Gasteiger partial charge in [0, 0.05) is 10.9 Å². The second-order valence-electron chi connectivity index (χ2n) is 5.09. The summed E-state index contributed by atoms with van der Waals surface area (Å²) in [6, 6.07) is 11.2. The maximum Gasteiger partial charge on any atom is 0.345 e. The van der Waals surface area contributed by atoms with Crippen LogP contribution in [-0.2, 0) is 0 Å². The summed E-state index contributed by atoms with van der Waals surface area (Å²) in [6.07, 6.45) is 1.51. The lowest BCUT2D eigenvalue weighted by Gasteiger charge is -2.04. The molecule has 0 saturated carbocycles. The second kappa shape index (κ2) is 5.66. The molecule has 120 valence electrons. The second-order valence-corrected chi connectivity index (χ2v) is 6.95. The van der Waals surface area contributed by atoms with E-state index in [0.29, 0.717) is 20.6 Å². The molecule has 0 bridgehead atoms. The van der Waals surface area contributed by atoms with E-state index in [9.17, 15) is 4.79 Å². The standard InChI is InChI=1S/C16H9Cl2N3O2S/c17-9-6-12(16(22)23)24-15(9)14-10(18)7-19-21(14)13-5-8-3-1-2-4-11(8)20-13/h1-7,20H,(H,22,23). The fourth-order valence-corrected chi connectivity index (χ4v) is 4.11. The summed E-state index contributed by atoms with van der Waals surface area (Å²) in [7, 11) is 0. The van der Waals surface area contributed by atoms with Crippen LogP contribution in [-0.4, -0.2) is 25.8 Å². The van der Waals surface area contributed by atoms with E-state index in [0.717, 1.165) is 28.1 Å². The van der Waals surface area contributed by atoms with E-state index < -0.39 is 5.97 Å². The number of hydrogen-bond acceptors (Lipinski definition) is 3. The number of aromatic amines is 1. The third-order valence-electron chi connectivity index (χ3n) is 3.58. The Balaban J connectivity index is 1.92. The highest BCUT2D eigenvalue weighted by atomic mass is 35.5. The largest absolute Gasteiger partial charge is 0.477 e. The van der Waals surface area contributed by atoms with Crippen LogP contribution < -0.4 is 0 Å². The number of benzene rings is 1. The van der Waals surface area contributed by atoms with E-state index in [4.69, 9.17) is 28.3 Å². The van der Waals surface area contributed by atoms with Gasteiger partial charge >= 0.3 is 5.97 Å². The minimum Gasteiger partial charge on any atom is -0.477 e. The molecule has 2 N–H and O–H groups in total. The first-order valence-corrected chi connectivity index (χ1v) is 8.46. The number of aromatic carboxylic acids is 1. The fraction of sp³-hybridized carbons (Fsp3) is 0. The van der Waals surface area contributed by atoms with Gasteiger partial charge in [0.15, 0.2) is 0 Å². The van der Waals surface area contributed by atoms with Crippen LogP contribution >= 0.6 is 34.5 Å². The summed E-state index contributed by atoms with van der Waals surface area (Å²) >= 11 is 13.6. The van der Waals surface area contributed by atoms with Crippen molar-refractivity contribution in [1.82, 2.24) is 14.8 Å². The molecule has 0 amide bonds. The molecular formula is C16H9Cl2N3O2S. The zero-order valence-electron chi connectivity index (χ0n) is 12.0. The van der Waals surface area contributed by atoms with E-state index in [2.05, 4.69) is 10.1 Å². The molecule has 4 aromatic rings. The monoisotopic (exact) mass is 377 g/mol. The zero-order valence-corrected chi connectivity index (χ0v) is 14.3. The molecule has 0 spiro atoms. The number of thiophene rings is 1. The van der Waals surface area contributed by atoms with Gasteiger partial charge < -0.3 is 10.1 Å². The van der Waals surface area contributed by atoms with Crippen LogP contribution in [0.25, 0.3) is 27.3 Å². The van der Waals surface area contributed by atoms with Gasteiger partial charge in [-0.3, -0.25) is 0 Å². The van der Waals surface area contributed by atoms with Gasteiger partial charge in [0.1, 0.15) is 16.4 Å². The number of nitrogens with one attached hydrogen (secondary N) is 1. The van der Waals surface area contributed by atoms with Crippen molar-refractivity contribution >= 4 is 51.4 Å². The van der Waals surface area contributed by atoms with Gasteiger partial charge in [-0.1, -0.05) is 41.4 Å². The van der Waals surface area contributed by atoms with Crippen LogP contribution in [0.1, 0.15) is 9.67 Å². The normalized spacial score (nSPS) is 11.2. The lowest BCUT2D eigenvalue weighted by atomic mass is 10.2. The smallest absolute Gasteiger partial charge is 0.345 e. The molecule has 0 saturated heterocycles. The van der Waals surface area contributed by atoms with Gasteiger partial charge in [0.2, 0.25) is 0 Å². The van der Waals surface area contributed by atoms with Crippen molar-refractivity contribution in [2.75, 3.05) is 0 Å². The molecule has 8 heteroatoms. The first-order valence-electron chi connectivity index (χ1n) is 6.89. The maximum absolute atomic E-state index is 11.2. The van der Waals surface area contributed by atoms with Crippen molar-refractivity contribution in [2.24, 2.45) is 0 Å². The van der Waals surface area contributed by atoms with Gasteiger partial charge in [0.05, 0.1) is 21.1 Å². The Hall–Kier alpha value is -2.28. The number of H-pyrrole nitrogens is 1. The first-order chi connectivity index (χ1) is 11.5. The summed E-state index contributed by atoms with van der Waals surface area (Å²) in [4.78, 5) is 15.2. The molecule has 0 aliphatic rings. The number of carbonyl (C=O) groups is 1. The Labute approximate surface area is 150 Å². The number of para-hydroxylation sites is 1. The molecule has 0 aliphatic heterocycles. The van der Waals surface area contributed by atoms with Crippen LogP contribution in [0.15, 0.2) is 42.6 Å². The Kier molecular flexibility index (Phi) is 3.60. The van der Waals surface area contributed by atoms with Crippen molar-refractivity contribution < 1.29 is 9.90 Å². The molecular weight excluding hydrogens is 369 g/mol. The number of carboxylic acids is 1. The Morgan fingerprint density at radius 3 is 2.71 bits per heavy atom. The summed E-state index contributed by atoms with van der Waals surface area (Å²) in [6.45, 7) is 0. The quantitative estimate of drug-likeness (QED) is 0.522. The van der Waals surface area contributed by atoms with Crippen molar-refractivity contribution in [3.63, 3.8) is 0 Å². The molecule has 0 unspecified atom stereocenters. The van der Waals surface area contributed by atoms with Crippen molar-refractivity contribution in [3.05, 3.63) is 57.5 Å². The molecule has 3 aromatic heterocycles. The van der Waals surface area contributed by atoms with Crippen molar-refractivity contribution in [2.45, 2.75) is 0 Å². The van der Waals surface area contributed by atoms with E-state index in [1.165, 1.54) is 12.3 Å². The average Bonchev–Trinajstić information content (AvgIpc) is 3.23. The fourth-order valence-electron chi connectivity index (χ4n) is 2.52. The van der Waals surface area contributed by atoms with Crippen LogP contribution in [0.5, 0.6) is 0 Å². The lowest BCUT2D eigenvalue weighted by Crippen LogP contribution is -1.98. The Morgan fingerprint density at radius 1 is 1.21 bits per heavy atom. The van der Waals surface area contributed by atoms with Crippen molar-refractivity contribution in [1.29, 1.82) is 0 Å². The first kappa shape index (κ1) is 15.3. The third-order valence-corrected chi connectivity index (χ3v) is 5.40. The number of carboxylic acid groups (broad SMARTS) is 1. The predicted molar refractivity (Wildman–Crippen MR) is 95.7 cm³/mol. The summed E-state index contributed by atoms with van der Waals surface area (Å²) in [5.74, 6) is -0.305. The summed E-state index contributed by atoms with van der Waals surface area (Å²) in [5.41, 5.74) is 1.53. The Morgan fingerprint density at radius 2 is 2.00 bits per heavy atom. The van der Waals surface area contributed by atoms with Crippen LogP contribution in [0, 0.1) is 0 Å². The maximum atomic E-state index is 11.2. The molecule has 5 nitrogen and oxygen atoms in total. The number of aromatic nitrogens is 3. The van der Waals surface area contributed by atoms with Gasteiger partial charge in [-0.05, 0) is 18.2 Å². The number of halogens is 2. The molecule has 0 atom stereocenters. The lowest BCUT2D eigenvalue weighted by molar-refractivity contribution is 0.0702. The number of fused-ring (bicyclic) bond motifs is 1. The van der Waals surface area contributed by atoms with Crippen LogP contribution in [0.4, 0.5) is 0 Å². The van der Waals surface area contributed by atoms with Crippen LogP contribution in [0.2, 0.25) is 10.0 Å². The third kappa shape index (κ3) is 2.39. The zero-order chi connectivity index (χ0) is 16.8. The van der Waals surface area contributed by atoms with Crippen molar-refractivity contribution in [3.8, 4) is 16.4 Å². The minimum atomic E-state index is -1.03. The molecule has 3 heterocycles. The van der Waals surface area contributed by atoms with E-state index in [1.54, 1.807) is 4.68 Å². The summed E-state index contributed by atoms with van der Waals surface area (Å²) in [5, 5.41) is 15.2. The predicted octanol–water partition coefficient (Wildman–Crippen LogP) is 5.09. The number of nitrogens with zero attached hydrogens (tertiary/aromatic N) is 2. The Bertz CT molecular complexity index is 1050. The van der Waals surface area contributed by atoms with E-state index in [-0.39, 0.29) is 4.88 Å². The molecule has 0 fully saturated rings. The molecule has 1 aromatic carbocycles. The highest BCUT2D eigenvalue weighted by molar-refractivity contribution is 7.18. The van der Waals surface area contributed by atoms with Gasteiger partial charge in [-0.15, -0.1) is 11.3 Å². The summed E-state index contributed by atoms with van der Waals surface area (Å²) < 4.78 is 1.63. The topological polar surface area (TPSA) is 70.9 Å². The van der Waals surface area contributed by atoms with E-state index in [1.807, 2.05) is 30.3 Å². The number of hydrogen-bond donors (Lipinski definition) is 2. The van der Waals surface area contributed by atoms with Crippen LogP contribution in [0.3, 0.4) is 0 Å². The van der Waals surface area contributed by atoms with Gasteiger partial charge in [0.25, 0.3) is 0 Å². The van der Waals surface area contributed by atoms with Gasteiger partial charge in [-0.2, -0.15) is 5.10 Å². The number of rotatable bonds is 3. The van der Waals surface area contributed by atoms with E-state index >= 15 is 0 Å². The highest BCUT2D eigenvalue weighted by Gasteiger charge is 2.21. The van der Waals surface area contributed by atoms with Gasteiger partial charge in [-0.25, -0.2) is 9.48 Å². The SMILES string of the molecule is O=C(O)c1cc(Cl)c(-c2c(Cl)cnn2-c2cc3ccccc3[nH]2)s1. The molecule has 0 aliphatic carbocycles. The molecule has 24 heavy (non-hydrogen) atoms. The average molecular weight is 378 g/mol. The highest BCUT2D eigenvalue weighted by Crippen LogP contribution is 2.40. The minimum absolute atomic E-state index is 0.149.